The van der Waals surface area contributed by atoms with Gasteiger partial charge in [-0.15, -0.1) is 0 Å². The molecular formula is C22H21F2N3O3. The Morgan fingerprint density at radius 1 is 1.13 bits per heavy atom. The lowest BCUT2D eigenvalue weighted by Gasteiger charge is -2.09. The van der Waals surface area contributed by atoms with Crippen LogP contribution in [0.25, 0.3) is 5.69 Å². The minimum atomic E-state index is -0.592. The summed E-state index contributed by atoms with van der Waals surface area (Å²) < 4.78 is 40.2. The van der Waals surface area contributed by atoms with E-state index in [0.29, 0.717) is 25.1 Å². The van der Waals surface area contributed by atoms with Crippen molar-refractivity contribution in [1.82, 2.24) is 9.78 Å². The van der Waals surface area contributed by atoms with E-state index >= 15 is 0 Å². The number of hydrogen-bond acceptors (Lipinski definition) is 4. The summed E-state index contributed by atoms with van der Waals surface area (Å²) in [6.07, 6.45) is 2.27. The van der Waals surface area contributed by atoms with E-state index in [9.17, 15) is 13.6 Å². The van der Waals surface area contributed by atoms with Gasteiger partial charge in [0.25, 0.3) is 5.91 Å². The maximum absolute atomic E-state index is 14.3. The van der Waals surface area contributed by atoms with Gasteiger partial charge >= 0.3 is 0 Å². The zero-order valence-corrected chi connectivity index (χ0v) is 16.5. The van der Waals surface area contributed by atoms with Gasteiger partial charge < -0.3 is 14.8 Å². The van der Waals surface area contributed by atoms with Crippen LogP contribution in [0.15, 0.2) is 42.5 Å². The monoisotopic (exact) mass is 413 g/mol. The van der Waals surface area contributed by atoms with E-state index in [4.69, 9.17) is 9.47 Å². The summed E-state index contributed by atoms with van der Waals surface area (Å²) in [4.78, 5) is 12.9. The predicted octanol–water partition coefficient (Wildman–Crippen LogP) is 3.92. The Morgan fingerprint density at radius 3 is 2.73 bits per heavy atom. The molecule has 1 aromatic heterocycles. The Kier molecular flexibility index (Phi) is 5.76. The number of halogens is 2. The van der Waals surface area contributed by atoms with Crippen molar-refractivity contribution in [3.8, 4) is 11.4 Å². The van der Waals surface area contributed by atoms with E-state index < -0.39 is 17.5 Å². The second-order valence-electron chi connectivity index (χ2n) is 6.93. The Morgan fingerprint density at radius 2 is 1.97 bits per heavy atom. The number of para-hydroxylation sites is 1. The van der Waals surface area contributed by atoms with Crippen molar-refractivity contribution in [2.45, 2.75) is 19.3 Å². The normalized spacial score (nSPS) is 12.6. The Hall–Kier alpha value is -3.26. The molecule has 6 nitrogen and oxygen atoms in total. The number of nitrogens with one attached hydrogen (secondary N) is 1. The van der Waals surface area contributed by atoms with Crippen molar-refractivity contribution < 1.29 is 23.0 Å². The maximum atomic E-state index is 14.3. The van der Waals surface area contributed by atoms with E-state index in [1.165, 1.54) is 30.0 Å². The first-order valence-corrected chi connectivity index (χ1v) is 9.67. The minimum Gasteiger partial charge on any atom is -0.488 e. The highest BCUT2D eigenvalue weighted by molar-refractivity contribution is 6.04. The van der Waals surface area contributed by atoms with E-state index in [2.05, 4.69) is 10.4 Å². The standard InChI is InChI=1S/C22H21F2N3O3/c1-29-11-12-30-20-10-9-14(13-17(20)24)25-22(28)21-15-5-4-8-18(15)27(26-21)19-7-3-2-6-16(19)23/h2-3,6-7,9-10,13H,4-5,8,11-12H2,1H3,(H,25,28). The van der Waals surface area contributed by atoms with E-state index in [1.54, 1.807) is 24.3 Å². The van der Waals surface area contributed by atoms with E-state index in [-0.39, 0.29) is 23.7 Å². The largest absolute Gasteiger partial charge is 0.488 e. The van der Waals surface area contributed by atoms with Gasteiger partial charge in [-0.25, -0.2) is 13.5 Å². The lowest BCUT2D eigenvalue weighted by Crippen LogP contribution is -2.15. The zero-order chi connectivity index (χ0) is 21.1. The summed E-state index contributed by atoms with van der Waals surface area (Å²) in [6, 6.07) is 10.5. The highest BCUT2D eigenvalue weighted by atomic mass is 19.1. The molecule has 2 aromatic carbocycles. The second kappa shape index (κ2) is 8.62. The van der Waals surface area contributed by atoms with Crippen molar-refractivity contribution in [1.29, 1.82) is 0 Å². The third-order valence-electron chi connectivity index (χ3n) is 4.96. The fourth-order valence-electron chi connectivity index (χ4n) is 3.56. The Labute approximate surface area is 172 Å². The van der Waals surface area contributed by atoms with Crippen LogP contribution in [0.4, 0.5) is 14.5 Å². The topological polar surface area (TPSA) is 65.4 Å². The number of carbonyl (C=O) groups excluding carboxylic acids is 1. The fourth-order valence-corrected chi connectivity index (χ4v) is 3.56. The molecule has 0 fully saturated rings. The van der Waals surface area contributed by atoms with Gasteiger partial charge in [0, 0.05) is 30.1 Å². The molecule has 0 saturated heterocycles. The number of methoxy groups -OCH3 is 1. The van der Waals surface area contributed by atoms with Crippen LogP contribution in [-0.4, -0.2) is 36.0 Å². The van der Waals surface area contributed by atoms with E-state index in [0.717, 1.165) is 17.7 Å². The molecule has 4 rings (SSSR count). The summed E-state index contributed by atoms with van der Waals surface area (Å²) >= 11 is 0. The third kappa shape index (κ3) is 3.91. The molecule has 0 aliphatic heterocycles. The molecule has 0 radical (unpaired) electrons. The number of fused-ring (bicyclic) bond motifs is 1. The molecule has 8 heteroatoms. The Bertz CT molecular complexity index is 1080. The molecule has 30 heavy (non-hydrogen) atoms. The highest BCUT2D eigenvalue weighted by Gasteiger charge is 2.28. The third-order valence-corrected chi connectivity index (χ3v) is 4.96. The molecule has 0 spiro atoms. The van der Waals surface area contributed by atoms with Crippen LogP contribution in [0, 0.1) is 11.6 Å². The summed E-state index contributed by atoms with van der Waals surface area (Å²) in [7, 11) is 1.53. The van der Waals surface area contributed by atoms with Crippen LogP contribution in [-0.2, 0) is 17.6 Å². The summed E-state index contributed by atoms with van der Waals surface area (Å²) in [6.45, 7) is 0.562. The van der Waals surface area contributed by atoms with Gasteiger partial charge in [-0.2, -0.15) is 5.10 Å². The van der Waals surface area contributed by atoms with Gasteiger partial charge in [0.05, 0.1) is 6.61 Å². The van der Waals surface area contributed by atoms with Gasteiger partial charge in [-0.1, -0.05) is 12.1 Å². The van der Waals surface area contributed by atoms with Gasteiger partial charge in [-0.3, -0.25) is 4.79 Å². The second-order valence-corrected chi connectivity index (χ2v) is 6.93. The molecule has 0 saturated carbocycles. The minimum absolute atomic E-state index is 0.0785. The van der Waals surface area contributed by atoms with Gasteiger partial charge in [-0.05, 0) is 43.5 Å². The molecule has 156 valence electrons. The van der Waals surface area contributed by atoms with Crippen molar-refractivity contribution >= 4 is 11.6 Å². The van der Waals surface area contributed by atoms with Crippen molar-refractivity contribution in [3.63, 3.8) is 0 Å². The van der Waals surface area contributed by atoms with Crippen molar-refractivity contribution in [2.24, 2.45) is 0 Å². The number of rotatable bonds is 7. The summed E-state index contributed by atoms with van der Waals surface area (Å²) in [5.41, 5.74) is 2.45. The molecule has 0 unspecified atom stereocenters. The molecule has 1 aliphatic rings. The first-order chi connectivity index (χ1) is 14.6. The van der Waals surface area contributed by atoms with E-state index in [1.807, 2.05) is 0 Å². The molecule has 0 atom stereocenters. The predicted molar refractivity (Wildman–Crippen MR) is 107 cm³/mol. The fraction of sp³-hybridized carbons (Fsp3) is 0.273. The first-order valence-electron chi connectivity index (χ1n) is 9.67. The number of nitrogens with zero attached hydrogens (tertiary/aromatic N) is 2. The number of carbonyl (C=O) groups is 1. The molecule has 1 aliphatic carbocycles. The average Bonchev–Trinajstić information content (AvgIpc) is 3.33. The number of ether oxygens (including phenoxy) is 2. The quantitative estimate of drug-likeness (QED) is 0.597. The first kappa shape index (κ1) is 20.0. The smallest absolute Gasteiger partial charge is 0.276 e. The molecule has 1 amide bonds. The van der Waals surface area contributed by atoms with Gasteiger partial charge in [0.15, 0.2) is 17.3 Å². The number of anilines is 1. The lowest BCUT2D eigenvalue weighted by atomic mass is 10.2. The van der Waals surface area contributed by atoms with Crippen molar-refractivity contribution in [3.05, 3.63) is 71.1 Å². The number of aromatic nitrogens is 2. The number of hydrogen-bond donors (Lipinski definition) is 1. The summed E-state index contributed by atoms with van der Waals surface area (Å²) in [5.74, 6) is -1.38. The number of amides is 1. The molecular weight excluding hydrogens is 392 g/mol. The summed E-state index contributed by atoms with van der Waals surface area (Å²) in [5, 5.41) is 7.06. The highest BCUT2D eigenvalue weighted by Crippen LogP contribution is 2.29. The number of benzene rings is 2. The van der Waals surface area contributed by atoms with Crippen molar-refractivity contribution in [2.75, 3.05) is 25.6 Å². The molecule has 1 heterocycles. The molecule has 3 aromatic rings. The lowest BCUT2D eigenvalue weighted by molar-refractivity contribution is 0.102. The van der Waals surface area contributed by atoms with Crippen LogP contribution in [0.5, 0.6) is 5.75 Å². The van der Waals surface area contributed by atoms with Crippen LogP contribution >= 0.6 is 0 Å². The molecule has 1 N–H and O–H groups in total. The van der Waals surface area contributed by atoms with Gasteiger partial charge in [0.1, 0.15) is 18.1 Å². The van der Waals surface area contributed by atoms with Crippen LogP contribution < -0.4 is 10.1 Å². The zero-order valence-electron chi connectivity index (χ0n) is 16.5. The van der Waals surface area contributed by atoms with Crippen LogP contribution in [0.2, 0.25) is 0 Å². The Balaban J connectivity index is 1.57. The SMILES string of the molecule is COCCOc1ccc(NC(=O)c2nn(-c3ccccc3F)c3c2CCC3)cc1F. The maximum Gasteiger partial charge on any atom is 0.276 e. The van der Waals surface area contributed by atoms with Gasteiger partial charge in [0.2, 0.25) is 0 Å². The molecule has 0 bridgehead atoms. The van der Waals surface area contributed by atoms with Crippen LogP contribution in [0.1, 0.15) is 28.2 Å². The average molecular weight is 413 g/mol. The van der Waals surface area contributed by atoms with Crippen LogP contribution in [0.3, 0.4) is 0 Å².